The van der Waals surface area contributed by atoms with Crippen molar-refractivity contribution >= 4 is 17.4 Å². The van der Waals surface area contributed by atoms with Crippen molar-refractivity contribution < 1.29 is 4.79 Å². The summed E-state index contributed by atoms with van der Waals surface area (Å²) in [6.45, 7) is 4.13. The lowest BCUT2D eigenvalue weighted by Gasteiger charge is -2.07. The zero-order chi connectivity index (χ0) is 13.8. The minimum absolute atomic E-state index is 0.115. The Morgan fingerprint density at radius 2 is 2.05 bits per heavy atom. The summed E-state index contributed by atoms with van der Waals surface area (Å²) in [5.74, 6) is 0.313. The Morgan fingerprint density at radius 3 is 2.58 bits per heavy atom. The standard InChI is InChI=1S/C14H18N4O/c1-3-11-4-6-12(7-5-11)16-14(19)9-18-10(2)8-13(15)17-18/h4-8H,3,9H2,1-2H3,(H2,15,17)(H,16,19). The molecule has 3 N–H and O–H groups in total. The van der Waals surface area contributed by atoms with E-state index in [1.54, 1.807) is 10.7 Å². The Morgan fingerprint density at radius 1 is 1.37 bits per heavy atom. The number of rotatable bonds is 4. The van der Waals surface area contributed by atoms with Gasteiger partial charge in [-0.3, -0.25) is 9.48 Å². The van der Waals surface area contributed by atoms with Crippen LogP contribution in [0.15, 0.2) is 30.3 Å². The molecule has 1 heterocycles. The molecule has 0 saturated heterocycles. The lowest BCUT2D eigenvalue weighted by Crippen LogP contribution is -2.20. The van der Waals surface area contributed by atoms with Crippen LogP contribution in [0.25, 0.3) is 0 Å². The molecule has 0 atom stereocenters. The molecule has 0 radical (unpaired) electrons. The first kappa shape index (κ1) is 13.1. The predicted octanol–water partition coefficient (Wildman–Crippen LogP) is 1.97. The van der Waals surface area contributed by atoms with Crippen LogP contribution in [0.3, 0.4) is 0 Å². The van der Waals surface area contributed by atoms with Crippen molar-refractivity contribution in [3.05, 3.63) is 41.6 Å². The molecule has 2 aromatic rings. The maximum absolute atomic E-state index is 11.9. The first-order valence-electron chi connectivity index (χ1n) is 6.27. The molecule has 0 unspecified atom stereocenters. The number of anilines is 2. The highest BCUT2D eigenvalue weighted by atomic mass is 16.2. The van der Waals surface area contributed by atoms with E-state index in [1.165, 1.54) is 5.56 Å². The molecule has 0 spiro atoms. The number of nitrogens with two attached hydrogens (primary N) is 1. The van der Waals surface area contributed by atoms with Crippen LogP contribution in [0.4, 0.5) is 11.5 Å². The van der Waals surface area contributed by atoms with Crippen molar-refractivity contribution in [1.29, 1.82) is 0 Å². The topological polar surface area (TPSA) is 72.9 Å². The highest BCUT2D eigenvalue weighted by molar-refractivity contribution is 5.90. The van der Waals surface area contributed by atoms with Gasteiger partial charge in [-0.25, -0.2) is 0 Å². The van der Waals surface area contributed by atoms with Crippen molar-refractivity contribution in [2.45, 2.75) is 26.8 Å². The largest absolute Gasteiger partial charge is 0.382 e. The molecule has 0 aliphatic carbocycles. The second-order valence-corrected chi connectivity index (χ2v) is 4.47. The van der Waals surface area contributed by atoms with E-state index in [-0.39, 0.29) is 12.5 Å². The molecule has 5 heteroatoms. The van der Waals surface area contributed by atoms with Crippen LogP contribution >= 0.6 is 0 Å². The van der Waals surface area contributed by atoms with Crippen molar-refractivity contribution in [1.82, 2.24) is 9.78 Å². The third kappa shape index (κ3) is 3.34. The quantitative estimate of drug-likeness (QED) is 0.880. The highest BCUT2D eigenvalue weighted by Gasteiger charge is 2.07. The highest BCUT2D eigenvalue weighted by Crippen LogP contribution is 2.10. The third-order valence-electron chi connectivity index (χ3n) is 2.94. The van der Waals surface area contributed by atoms with E-state index in [2.05, 4.69) is 17.3 Å². The first-order valence-corrected chi connectivity index (χ1v) is 6.27. The van der Waals surface area contributed by atoms with E-state index in [0.29, 0.717) is 5.82 Å². The monoisotopic (exact) mass is 258 g/mol. The molecule has 1 aromatic heterocycles. The summed E-state index contributed by atoms with van der Waals surface area (Å²) in [7, 11) is 0. The maximum Gasteiger partial charge on any atom is 0.246 e. The van der Waals surface area contributed by atoms with E-state index in [9.17, 15) is 4.79 Å². The van der Waals surface area contributed by atoms with Gasteiger partial charge in [0.05, 0.1) is 0 Å². The fourth-order valence-electron chi connectivity index (χ4n) is 1.86. The van der Waals surface area contributed by atoms with Crippen molar-refractivity contribution in [3.63, 3.8) is 0 Å². The summed E-state index contributed by atoms with van der Waals surface area (Å²) in [4.78, 5) is 11.9. The molecule has 1 amide bonds. The summed E-state index contributed by atoms with van der Waals surface area (Å²) in [5.41, 5.74) is 8.48. The molecule has 0 bridgehead atoms. The van der Waals surface area contributed by atoms with Crippen molar-refractivity contribution in [2.24, 2.45) is 0 Å². The maximum atomic E-state index is 11.9. The molecule has 19 heavy (non-hydrogen) atoms. The number of nitrogens with one attached hydrogen (secondary N) is 1. The number of hydrogen-bond acceptors (Lipinski definition) is 3. The Labute approximate surface area is 112 Å². The molecular weight excluding hydrogens is 240 g/mol. The van der Waals surface area contributed by atoms with Crippen LogP contribution in [-0.4, -0.2) is 15.7 Å². The molecule has 0 fully saturated rings. The summed E-state index contributed by atoms with van der Waals surface area (Å²) < 4.78 is 1.59. The number of amides is 1. The molecule has 0 saturated carbocycles. The second-order valence-electron chi connectivity index (χ2n) is 4.47. The molecular formula is C14H18N4O. The lowest BCUT2D eigenvalue weighted by atomic mass is 10.1. The van der Waals surface area contributed by atoms with Gasteiger partial charge in [0.2, 0.25) is 5.91 Å². The molecule has 1 aromatic carbocycles. The minimum Gasteiger partial charge on any atom is -0.382 e. The minimum atomic E-state index is -0.115. The van der Waals surface area contributed by atoms with Gasteiger partial charge in [-0.05, 0) is 31.0 Å². The number of aromatic nitrogens is 2. The normalized spacial score (nSPS) is 10.4. The SMILES string of the molecule is CCc1ccc(NC(=O)Cn2nc(N)cc2C)cc1. The zero-order valence-corrected chi connectivity index (χ0v) is 11.2. The predicted molar refractivity (Wildman–Crippen MR) is 75.8 cm³/mol. The Balaban J connectivity index is 1.99. The average Bonchev–Trinajstić information content (AvgIpc) is 2.68. The van der Waals surface area contributed by atoms with Crippen LogP contribution in [0.1, 0.15) is 18.2 Å². The summed E-state index contributed by atoms with van der Waals surface area (Å²) in [6, 6.07) is 9.56. The van der Waals surface area contributed by atoms with E-state index in [0.717, 1.165) is 17.8 Å². The number of nitrogen functional groups attached to an aromatic ring is 1. The third-order valence-corrected chi connectivity index (χ3v) is 2.94. The number of nitrogens with zero attached hydrogens (tertiary/aromatic N) is 2. The van der Waals surface area contributed by atoms with Crippen LogP contribution in [0.2, 0.25) is 0 Å². The van der Waals surface area contributed by atoms with Gasteiger partial charge in [0.15, 0.2) is 0 Å². The van der Waals surface area contributed by atoms with Gasteiger partial charge >= 0.3 is 0 Å². The van der Waals surface area contributed by atoms with Gasteiger partial charge in [-0.15, -0.1) is 0 Å². The Bertz CT molecular complexity index is 572. The van der Waals surface area contributed by atoms with Crippen molar-refractivity contribution in [2.75, 3.05) is 11.1 Å². The van der Waals surface area contributed by atoms with E-state index in [1.807, 2.05) is 31.2 Å². The van der Waals surface area contributed by atoms with E-state index in [4.69, 9.17) is 5.73 Å². The summed E-state index contributed by atoms with van der Waals surface area (Å²) in [6.07, 6.45) is 0.986. The van der Waals surface area contributed by atoms with Gasteiger partial charge in [-0.2, -0.15) is 5.10 Å². The molecule has 5 nitrogen and oxygen atoms in total. The van der Waals surface area contributed by atoms with Gasteiger partial charge in [0, 0.05) is 17.4 Å². The van der Waals surface area contributed by atoms with Crippen LogP contribution < -0.4 is 11.1 Å². The Kier molecular flexibility index (Phi) is 3.85. The molecule has 0 aliphatic rings. The molecule has 2 rings (SSSR count). The number of carbonyl (C=O) groups is 1. The van der Waals surface area contributed by atoms with Gasteiger partial charge in [-0.1, -0.05) is 19.1 Å². The van der Waals surface area contributed by atoms with Gasteiger partial charge < -0.3 is 11.1 Å². The number of aryl methyl sites for hydroxylation is 2. The fraction of sp³-hybridized carbons (Fsp3) is 0.286. The lowest BCUT2D eigenvalue weighted by molar-refractivity contribution is -0.116. The van der Waals surface area contributed by atoms with Gasteiger partial charge in [0.1, 0.15) is 12.4 Å². The average molecular weight is 258 g/mol. The van der Waals surface area contributed by atoms with Crippen LogP contribution in [0, 0.1) is 6.92 Å². The zero-order valence-electron chi connectivity index (χ0n) is 11.2. The van der Waals surface area contributed by atoms with Crippen molar-refractivity contribution in [3.8, 4) is 0 Å². The fourth-order valence-corrected chi connectivity index (χ4v) is 1.86. The van der Waals surface area contributed by atoms with E-state index >= 15 is 0 Å². The summed E-state index contributed by atoms with van der Waals surface area (Å²) >= 11 is 0. The van der Waals surface area contributed by atoms with Gasteiger partial charge in [0.25, 0.3) is 0 Å². The van der Waals surface area contributed by atoms with Crippen LogP contribution in [-0.2, 0) is 17.8 Å². The number of hydrogen-bond donors (Lipinski definition) is 2. The Hall–Kier alpha value is -2.30. The van der Waals surface area contributed by atoms with Crippen LogP contribution in [0.5, 0.6) is 0 Å². The summed E-state index contributed by atoms with van der Waals surface area (Å²) in [5, 5.41) is 6.89. The smallest absolute Gasteiger partial charge is 0.246 e. The number of benzene rings is 1. The number of carbonyl (C=O) groups excluding carboxylic acids is 1. The molecule has 0 aliphatic heterocycles. The first-order chi connectivity index (χ1) is 9.08. The van der Waals surface area contributed by atoms with E-state index < -0.39 is 0 Å². The molecule has 100 valence electrons. The second kappa shape index (κ2) is 5.56.